The third kappa shape index (κ3) is 3.48. The number of hydrogen-bond acceptors (Lipinski definition) is 5. The Morgan fingerprint density at radius 1 is 1.12 bits per heavy atom. The number of ether oxygens (including phenoxy) is 1. The highest BCUT2D eigenvalue weighted by atomic mass is 16.5. The number of aryl methyl sites for hydroxylation is 1. The van der Waals surface area contributed by atoms with Crippen LogP contribution >= 0.6 is 0 Å². The molecule has 1 heterocycles. The fourth-order valence-electron chi connectivity index (χ4n) is 2.75. The lowest BCUT2D eigenvalue weighted by atomic mass is 10.0. The number of nitrogens with zero attached hydrogens (tertiary/aromatic N) is 4. The van der Waals surface area contributed by atoms with E-state index in [2.05, 4.69) is 46.0 Å². The molecule has 6 heteroatoms. The number of rotatable bonds is 8. The van der Waals surface area contributed by atoms with Gasteiger partial charge in [-0.25, -0.2) is 4.68 Å². The second-order valence-electron chi connectivity index (χ2n) is 5.63. The number of hydrogen-bond donors (Lipinski definition) is 1. The van der Waals surface area contributed by atoms with Crippen LogP contribution in [0, 0.1) is 0 Å². The molecule has 0 aliphatic carbocycles. The maximum Gasteiger partial charge on any atom is 0.243 e. The molecule has 0 radical (unpaired) electrons. The molecule has 3 rings (SSSR count). The van der Waals surface area contributed by atoms with Gasteiger partial charge in [0.2, 0.25) is 5.95 Å². The maximum absolute atomic E-state index is 5.81. The molecular formula is C18H23N5O. The van der Waals surface area contributed by atoms with Crippen molar-refractivity contribution < 1.29 is 4.74 Å². The Labute approximate surface area is 141 Å². The van der Waals surface area contributed by atoms with Gasteiger partial charge in [0, 0.05) is 18.7 Å². The standard InChI is InChI=1S/C18H23N5O/c1-3-5-12-23-18(20-21-22-23)19-13-16-15-9-7-6-8-14(15)10-11-17(16)24-4-2/h6-11H,3-5,12-13H2,1-2H3,(H,19,20,22). The van der Waals surface area contributed by atoms with Crippen molar-refractivity contribution in [2.45, 2.75) is 39.8 Å². The number of anilines is 1. The molecule has 0 bridgehead atoms. The summed E-state index contributed by atoms with van der Waals surface area (Å²) in [5.41, 5.74) is 1.12. The van der Waals surface area contributed by atoms with Gasteiger partial charge in [0.1, 0.15) is 5.75 Å². The first kappa shape index (κ1) is 16.2. The average molecular weight is 325 g/mol. The predicted molar refractivity (Wildman–Crippen MR) is 95.2 cm³/mol. The fourth-order valence-corrected chi connectivity index (χ4v) is 2.75. The number of unbranched alkanes of at least 4 members (excludes halogenated alkanes) is 1. The third-order valence-corrected chi connectivity index (χ3v) is 3.98. The molecule has 1 N–H and O–H groups in total. The number of fused-ring (bicyclic) bond motifs is 1. The van der Waals surface area contributed by atoms with Crippen LogP contribution in [0.5, 0.6) is 5.75 Å². The van der Waals surface area contributed by atoms with Gasteiger partial charge in [-0.05, 0) is 40.6 Å². The van der Waals surface area contributed by atoms with Crippen LogP contribution in [0.3, 0.4) is 0 Å². The van der Waals surface area contributed by atoms with Gasteiger partial charge in [0.25, 0.3) is 0 Å². The summed E-state index contributed by atoms with van der Waals surface area (Å²) in [6, 6.07) is 12.4. The van der Waals surface area contributed by atoms with Crippen molar-refractivity contribution in [2.24, 2.45) is 0 Å². The van der Waals surface area contributed by atoms with E-state index in [1.54, 1.807) is 0 Å². The van der Waals surface area contributed by atoms with Crippen molar-refractivity contribution in [3.63, 3.8) is 0 Å². The van der Waals surface area contributed by atoms with Gasteiger partial charge in [-0.1, -0.05) is 48.8 Å². The first-order valence-corrected chi connectivity index (χ1v) is 8.47. The van der Waals surface area contributed by atoms with Crippen molar-refractivity contribution in [3.05, 3.63) is 42.0 Å². The van der Waals surface area contributed by atoms with E-state index in [9.17, 15) is 0 Å². The monoisotopic (exact) mass is 325 g/mol. The SMILES string of the molecule is CCCCn1nnnc1NCc1c(OCC)ccc2ccccc12. The molecular weight excluding hydrogens is 302 g/mol. The van der Waals surface area contributed by atoms with Crippen LogP contribution in [0.1, 0.15) is 32.3 Å². The molecule has 0 aliphatic rings. The smallest absolute Gasteiger partial charge is 0.243 e. The van der Waals surface area contributed by atoms with Crippen LogP contribution in [0.15, 0.2) is 36.4 Å². The normalized spacial score (nSPS) is 10.9. The Kier molecular flexibility index (Phi) is 5.25. The second-order valence-corrected chi connectivity index (χ2v) is 5.63. The van der Waals surface area contributed by atoms with Crippen LogP contribution in [0.2, 0.25) is 0 Å². The molecule has 0 saturated heterocycles. The predicted octanol–water partition coefficient (Wildman–Crippen LogP) is 3.64. The zero-order valence-corrected chi connectivity index (χ0v) is 14.2. The Bertz CT molecular complexity index is 799. The summed E-state index contributed by atoms with van der Waals surface area (Å²) in [6.45, 7) is 6.22. The van der Waals surface area contributed by atoms with Crippen molar-refractivity contribution in [3.8, 4) is 5.75 Å². The van der Waals surface area contributed by atoms with Gasteiger partial charge in [-0.15, -0.1) is 0 Å². The molecule has 24 heavy (non-hydrogen) atoms. The summed E-state index contributed by atoms with van der Waals surface area (Å²) in [5.74, 6) is 1.59. The van der Waals surface area contributed by atoms with E-state index in [1.807, 2.05) is 29.8 Å². The van der Waals surface area contributed by atoms with Gasteiger partial charge < -0.3 is 10.1 Å². The van der Waals surface area contributed by atoms with Crippen LogP contribution in [-0.4, -0.2) is 26.8 Å². The highest BCUT2D eigenvalue weighted by Gasteiger charge is 2.11. The molecule has 0 aliphatic heterocycles. The van der Waals surface area contributed by atoms with Crippen LogP contribution < -0.4 is 10.1 Å². The van der Waals surface area contributed by atoms with Gasteiger partial charge in [0.05, 0.1) is 6.61 Å². The molecule has 0 unspecified atom stereocenters. The summed E-state index contributed by atoms with van der Waals surface area (Å²) in [5, 5.41) is 17.7. The largest absolute Gasteiger partial charge is 0.494 e. The number of tetrazole rings is 1. The van der Waals surface area contributed by atoms with Gasteiger partial charge >= 0.3 is 0 Å². The zero-order valence-electron chi connectivity index (χ0n) is 14.2. The summed E-state index contributed by atoms with van der Waals surface area (Å²) in [7, 11) is 0. The molecule has 1 aromatic heterocycles. The molecule has 6 nitrogen and oxygen atoms in total. The second kappa shape index (κ2) is 7.77. The van der Waals surface area contributed by atoms with Crippen LogP contribution in [0.25, 0.3) is 10.8 Å². The highest BCUT2D eigenvalue weighted by Crippen LogP contribution is 2.28. The van der Waals surface area contributed by atoms with Crippen molar-refractivity contribution in [1.82, 2.24) is 20.2 Å². The molecule has 2 aromatic carbocycles. The topological polar surface area (TPSA) is 64.9 Å². The van der Waals surface area contributed by atoms with Crippen molar-refractivity contribution in [2.75, 3.05) is 11.9 Å². The lowest BCUT2D eigenvalue weighted by molar-refractivity contribution is 0.337. The maximum atomic E-state index is 5.81. The van der Waals surface area contributed by atoms with E-state index in [0.29, 0.717) is 19.1 Å². The molecule has 126 valence electrons. The Balaban J connectivity index is 1.86. The Morgan fingerprint density at radius 3 is 2.83 bits per heavy atom. The third-order valence-electron chi connectivity index (χ3n) is 3.98. The summed E-state index contributed by atoms with van der Waals surface area (Å²) in [6.07, 6.45) is 2.16. The van der Waals surface area contributed by atoms with Gasteiger partial charge in [-0.3, -0.25) is 0 Å². The van der Waals surface area contributed by atoms with Gasteiger partial charge in [-0.2, -0.15) is 0 Å². The zero-order chi connectivity index (χ0) is 16.8. The summed E-state index contributed by atoms with van der Waals surface area (Å²) in [4.78, 5) is 0. The lowest BCUT2D eigenvalue weighted by Crippen LogP contribution is -2.10. The van der Waals surface area contributed by atoms with E-state index in [0.717, 1.165) is 30.7 Å². The number of aromatic nitrogens is 4. The van der Waals surface area contributed by atoms with E-state index < -0.39 is 0 Å². The summed E-state index contributed by atoms with van der Waals surface area (Å²) < 4.78 is 7.63. The first-order valence-electron chi connectivity index (χ1n) is 8.47. The minimum atomic E-state index is 0.614. The quantitative estimate of drug-likeness (QED) is 0.685. The highest BCUT2D eigenvalue weighted by molar-refractivity contribution is 5.88. The fraction of sp³-hybridized carbons (Fsp3) is 0.389. The molecule has 0 amide bonds. The van der Waals surface area contributed by atoms with Crippen molar-refractivity contribution in [1.29, 1.82) is 0 Å². The number of benzene rings is 2. The minimum Gasteiger partial charge on any atom is -0.494 e. The van der Waals surface area contributed by atoms with Crippen LogP contribution in [-0.2, 0) is 13.1 Å². The number of nitrogens with one attached hydrogen (secondary N) is 1. The lowest BCUT2D eigenvalue weighted by Gasteiger charge is -2.14. The molecule has 0 spiro atoms. The average Bonchev–Trinajstić information content (AvgIpc) is 3.06. The Morgan fingerprint density at radius 2 is 2.00 bits per heavy atom. The molecule has 0 fully saturated rings. The molecule has 0 saturated carbocycles. The minimum absolute atomic E-state index is 0.614. The summed E-state index contributed by atoms with van der Waals surface area (Å²) >= 11 is 0. The van der Waals surface area contributed by atoms with Crippen molar-refractivity contribution >= 4 is 16.7 Å². The molecule has 0 atom stereocenters. The Hall–Kier alpha value is -2.63. The van der Waals surface area contributed by atoms with E-state index in [-0.39, 0.29) is 0 Å². The first-order chi connectivity index (χ1) is 11.8. The van der Waals surface area contributed by atoms with E-state index in [4.69, 9.17) is 4.74 Å². The van der Waals surface area contributed by atoms with E-state index >= 15 is 0 Å². The van der Waals surface area contributed by atoms with E-state index in [1.165, 1.54) is 10.8 Å². The van der Waals surface area contributed by atoms with Crippen LogP contribution in [0.4, 0.5) is 5.95 Å². The molecule has 3 aromatic rings. The van der Waals surface area contributed by atoms with Gasteiger partial charge in [0.15, 0.2) is 0 Å².